The van der Waals surface area contributed by atoms with Crippen molar-refractivity contribution in [1.82, 2.24) is 20.5 Å². The van der Waals surface area contributed by atoms with Gasteiger partial charge in [-0.15, -0.1) is 0 Å². The van der Waals surface area contributed by atoms with Gasteiger partial charge in [0, 0.05) is 44.6 Å². The van der Waals surface area contributed by atoms with E-state index in [0.29, 0.717) is 32.7 Å². The summed E-state index contributed by atoms with van der Waals surface area (Å²) < 4.78 is 4.77. The van der Waals surface area contributed by atoms with Crippen LogP contribution in [-0.2, 0) is 4.79 Å². The van der Waals surface area contributed by atoms with E-state index < -0.39 is 12.2 Å². The van der Waals surface area contributed by atoms with E-state index in [1.807, 2.05) is 18.7 Å². The molecule has 3 aliphatic rings. The summed E-state index contributed by atoms with van der Waals surface area (Å²) in [5.74, 6) is 0.351. The lowest BCUT2D eigenvalue weighted by atomic mass is 9.65. The Hall–Kier alpha value is -1.71. The molecule has 3 N–H and O–H groups in total. The Morgan fingerprint density at radius 1 is 1.12 bits per heavy atom. The number of nitrogens with one attached hydrogen (secondary N) is 1. The second kappa shape index (κ2) is 6.79. The predicted molar refractivity (Wildman–Crippen MR) is 92.3 cm³/mol. The minimum absolute atomic E-state index is 0.0553. The van der Waals surface area contributed by atoms with Crippen molar-refractivity contribution in [2.45, 2.75) is 26.1 Å². The maximum absolute atomic E-state index is 13.3. The lowest BCUT2D eigenvalue weighted by Gasteiger charge is -2.46. The molecule has 1 aromatic rings. The summed E-state index contributed by atoms with van der Waals surface area (Å²) >= 11 is 0. The number of nitrogens with zero attached hydrogens (tertiary/aromatic N) is 4. The molecule has 2 saturated heterocycles. The number of aliphatic hydroxyl groups excluding tert-OH is 2. The third kappa shape index (κ3) is 2.78. The first kappa shape index (κ1) is 17.7. The third-order valence-corrected chi connectivity index (χ3v) is 6.47. The van der Waals surface area contributed by atoms with E-state index >= 15 is 0 Å². The van der Waals surface area contributed by atoms with E-state index in [0.717, 1.165) is 18.1 Å². The highest BCUT2D eigenvalue weighted by Gasteiger charge is 2.53. The number of hydrogen-bond donors (Lipinski definition) is 3. The van der Waals surface area contributed by atoms with E-state index in [1.54, 1.807) is 0 Å². The molecule has 0 unspecified atom stereocenters. The minimum atomic E-state index is -0.852. The van der Waals surface area contributed by atoms with Gasteiger partial charge in [-0.2, -0.15) is 0 Å². The van der Waals surface area contributed by atoms with Crippen molar-refractivity contribution in [3.8, 4) is 0 Å². The molecule has 144 valence electrons. The molecule has 1 saturated carbocycles. The molecule has 0 radical (unpaired) electrons. The first-order valence-corrected chi connectivity index (χ1v) is 9.38. The standard InChI is InChI=1S/C17H27N5O4/c1-9-13(11-7-18-8-12(11)15(24)14(9)23)17(25)22-5-3-21(4-6-22)16-10(2)19-26-20-16/h9,11-15,18,23-24H,3-8H2,1-2H3/t9-,11+,12+,13+,14+,15+/m1/s1. The lowest BCUT2D eigenvalue weighted by molar-refractivity contribution is -0.155. The average molecular weight is 365 g/mol. The molecule has 26 heavy (non-hydrogen) atoms. The van der Waals surface area contributed by atoms with Crippen LogP contribution in [0.5, 0.6) is 0 Å². The highest BCUT2D eigenvalue weighted by Crippen LogP contribution is 2.42. The van der Waals surface area contributed by atoms with E-state index in [1.165, 1.54) is 0 Å². The van der Waals surface area contributed by atoms with Crippen molar-refractivity contribution in [3.05, 3.63) is 5.69 Å². The van der Waals surface area contributed by atoms with Gasteiger partial charge in [0.2, 0.25) is 5.91 Å². The van der Waals surface area contributed by atoms with Crippen LogP contribution in [0, 0.1) is 30.6 Å². The number of piperazine rings is 1. The van der Waals surface area contributed by atoms with Crippen molar-refractivity contribution in [2.24, 2.45) is 23.7 Å². The van der Waals surface area contributed by atoms with E-state index in [4.69, 9.17) is 4.63 Å². The second-order valence-corrected chi connectivity index (χ2v) is 7.84. The number of amides is 1. The van der Waals surface area contributed by atoms with Gasteiger partial charge < -0.3 is 25.3 Å². The molecule has 6 atom stereocenters. The summed E-state index contributed by atoms with van der Waals surface area (Å²) in [4.78, 5) is 17.2. The molecule has 2 aliphatic heterocycles. The summed E-state index contributed by atoms with van der Waals surface area (Å²) in [6.45, 7) is 7.69. The van der Waals surface area contributed by atoms with Gasteiger partial charge in [-0.1, -0.05) is 12.1 Å². The highest BCUT2D eigenvalue weighted by atomic mass is 16.6. The number of anilines is 1. The minimum Gasteiger partial charge on any atom is -0.390 e. The van der Waals surface area contributed by atoms with Crippen LogP contribution in [0.15, 0.2) is 4.63 Å². The quantitative estimate of drug-likeness (QED) is 0.602. The summed E-state index contributed by atoms with van der Waals surface area (Å²) in [5.41, 5.74) is 0.752. The summed E-state index contributed by atoms with van der Waals surface area (Å²) in [6, 6.07) is 0. The summed E-state index contributed by atoms with van der Waals surface area (Å²) in [6.07, 6.45) is -1.61. The molecule has 4 rings (SSSR count). The first-order valence-electron chi connectivity index (χ1n) is 9.38. The number of fused-ring (bicyclic) bond motifs is 1. The smallest absolute Gasteiger partial charge is 0.226 e. The first-order chi connectivity index (χ1) is 12.5. The lowest BCUT2D eigenvalue weighted by Crippen LogP contribution is -2.58. The molecule has 9 heteroatoms. The Bertz CT molecular complexity index is 659. The van der Waals surface area contributed by atoms with Gasteiger partial charge in [-0.05, 0) is 30.5 Å². The fourth-order valence-corrected chi connectivity index (χ4v) is 4.92. The number of hydrogen-bond acceptors (Lipinski definition) is 8. The highest BCUT2D eigenvalue weighted by molar-refractivity contribution is 5.80. The van der Waals surface area contributed by atoms with Crippen LogP contribution in [0.25, 0.3) is 0 Å². The molecule has 1 amide bonds. The van der Waals surface area contributed by atoms with Gasteiger partial charge in [0.25, 0.3) is 0 Å². The van der Waals surface area contributed by atoms with Crippen molar-refractivity contribution >= 4 is 11.7 Å². The van der Waals surface area contributed by atoms with Crippen LogP contribution in [0.3, 0.4) is 0 Å². The van der Waals surface area contributed by atoms with Crippen LogP contribution in [0.1, 0.15) is 12.6 Å². The van der Waals surface area contributed by atoms with Crippen molar-refractivity contribution < 1.29 is 19.6 Å². The zero-order valence-electron chi connectivity index (χ0n) is 15.2. The van der Waals surface area contributed by atoms with Gasteiger partial charge in [0.15, 0.2) is 5.82 Å². The largest absolute Gasteiger partial charge is 0.390 e. The fraction of sp³-hybridized carbons (Fsp3) is 0.824. The number of aliphatic hydroxyl groups is 2. The zero-order valence-corrected chi connectivity index (χ0v) is 15.2. The van der Waals surface area contributed by atoms with Crippen LogP contribution in [-0.4, -0.2) is 82.8 Å². The van der Waals surface area contributed by atoms with Gasteiger partial charge in [-0.3, -0.25) is 4.79 Å². The monoisotopic (exact) mass is 365 g/mol. The van der Waals surface area contributed by atoms with Crippen LogP contribution in [0.2, 0.25) is 0 Å². The van der Waals surface area contributed by atoms with E-state index in [2.05, 4.69) is 20.5 Å². The molecule has 3 fully saturated rings. The van der Waals surface area contributed by atoms with Gasteiger partial charge >= 0.3 is 0 Å². The molecule has 0 spiro atoms. The Morgan fingerprint density at radius 2 is 1.81 bits per heavy atom. The molecule has 3 heterocycles. The topological polar surface area (TPSA) is 115 Å². The van der Waals surface area contributed by atoms with Crippen LogP contribution in [0.4, 0.5) is 5.82 Å². The van der Waals surface area contributed by atoms with Gasteiger partial charge in [-0.25, -0.2) is 4.63 Å². The number of carbonyl (C=O) groups is 1. The molecular formula is C17H27N5O4. The number of aryl methyl sites for hydroxylation is 1. The maximum Gasteiger partial charge on any atom is 0.226 e. The molecular weight excluding hydrogens is 338 g/mol. The molecule has 0 aromatic carbocycles. The maximum atomic E-state index is 13.3. The van der Waals surface area contributed by atoms with E-state index in [-0.39, 0.29) is 29.6 Å². The van der Waals surface area contributed by atoms with Crippen LogP contribution < -0.4 is 10.2 Å². The van der Waals surface area contributed by atoms with Gasteiger partial charge in [0.05, 0.1) is 12.2 Å². The normalized spacial score (nSPS) is 37.7. The number of rotatable bonds is 2. The van der Waals surface area contributed by atoms with Gasteiger partial charge in [0.1, 0.15) is 5.69 Å². The van der Waals surface area contributed by atoms with Crippen molar-refractivity contribution in [1.29, 1.82) is 0 Å². The molecule has 9 nitrogen and oxygen atoms in total. The number of aromatic nitrogens is 2. The average Bonchev–Trinajstić information content (AvgIpc) is 3.29. The Labute approximate surface area is 152 Å². The summed E-state index contributed by atoms with van der Waals surface area (Å²) in [7, 11) is 0. The second-order valence-electron chi connectivity index (χ2n) is 7.84. The summed E-state index contributed by atoms with van der Waals surface area (Å²) in [5, 5.41) is 31.8. The number of carbonyl (C=O) groups excluding carboxylic acids is 1. The molecule has 0 bridgehead atoms. The molecule has 1 aliphatic carbocycles. The van der Waals surface area contributed by atoms with Crippen LogP contribution >= 0.6 is 0 Å². The Morgan fingerprint density at radius 3 is 2.46 bits per heavy atom. The SMILES string of the molecule is Cc1nonc1N1CCN(C(=O)[C@H]2[C@@H](C)[C@H](O)[C@@H](O)[C@H]3CNC[C@@H]32)CC1. The fourth-order valence-electron chi connectivity index (χ4n) is 4.92. The Balaban J connectivity index is 1.45. The van der Waals surface area contributed by atoms with Crippen molar-refractivity contribution in [3.63, 3.8) is 0 Å². The zero-order chi connectivity index (χ0) is 18.4. The molecule has 1 aromatic heterocycles. The predicted octanol–water partition coefficient (Wildman–Crippen LogP) is -1.15. The van der Waals surface area contributed by atoms with E-state index in [9.17, 15) is 15.0 Å². The third-order valence-electron chi connectivity index (χ3n) is 6.47. The Kier molecular flexibility index (Phi) is 4.62. The van der Waals surface area contributed by atoms with Crippen molar-refractivity contribution in [2.75, 3.05) is 44.2 Å².